The molecule has 2 aliphatic carbocycles. The fourth-order valence-corrected chi connectivity index (χ4v) is 5.99. The number of hydrogen-bond donors (Lipinski definition) is 0. The highest BCUT2D eigenvalue weighted by molar-refractivity contribution is 6.20. The van der Waals surface area contributed by atoms with Crippen LogP contribution in [-0.4, -0.2) is 40.8 Å². The van der Waals surface area contributed by atoms with E-state index in [1.54, 1.807) is 0 Å². The van der Waals surface area contributed by atoms with Gasteiger partial charge in [0.2, 0.25) is 11.8 Å². The minimum absolute atomic E-state index is 0.0139. The number of rotatable bonds is 16. The Bertz CT molecular complexity index is 1040. The second-order valence-corrected chi connectivity index (χ2v) is 11.9. The Balaban J connectivity index is 1.30. The van der Waals surface area contributed by atoms with Crippen molar-refractivity contribution in [3.8, 4) is 5.88 Å². The largest absolute Gasteiger partial charge is 0.478 e. The van der Waals surface area contributed by atoms with Crippen molar-refractivity contribution in [1.29, 1.82) is 0 Å². The highest BCUT2D eigenvalue weighted by Gasteiger charge is 2.50. The van der Waals surface area contributed by atoms with Gasteiger partial charge in [0.1, 0.15) is 0 Å². The van der Waals surface area contributed by atoms with Gasteiger partial charge in [0.05, 0.1) is 35.8 Å². The van der Waals surface area contributed by atoms with E-state index in [9.17, 15) is 8.78 Å². The van der Waals surface area contributed by atoms with Gasteiger partial charge in [0.25, 0.3) is 12.3 Å². The van der Waals surface area contributed by atoms with E-state index < -0.39 is 29.8 Å². The molecule has 0 radical (unpaired) electrons. The topological polar surface area (TPSA) is 47.0 Å². The summed E-state index contributed by atoms with van der Waals surface area (Å²) in [6, 6.07) is 1.41. The molecule has 1 aromatic heterocycles. The summed E-state index contributed by atoms with van der Waals surface area (Å²) in [6.07, 6.45) is 11.5. The van der Waals surface area contributed by atoms with E-state index in [2.05, 4.69) is 16.9 Å². The van der Waals surface area contributed by atoms with Crippen molar-refractivity contribution in [2.24, 2.45) is 22.7 Å². The summed E-state index contributed by atoms with van der Waals surface area (Å²) >= 11 is 6.18. The SMILES string of the molecule is CCCCC(Cl)CON1C=CC(C2CCc3cc(OCCCCCC(CC)C4CC4)nc(F)c3C2(F)F)=NC1F. The van der Waals surface area contributed by atoms with Crippen molar-refractivity contribution in [1.82, 2.24) is 10.0 Å². The van der Waals surface area contributed by atoms with Crippen LogP contribution in [0.3, 0.4) is 0 Å². The van der Waals surface area contributed by atoms with Gasteiger partial charge < -0.3 is 4.74 Å². The maximum atomic E-state index is 15.6. The molecular weight excluding hydrogens is 546 g/mol. The summed E-state index contributed by atoms with van der Waals surface area (Å²) in [4.78, 5) is 12.9. The molecule has 1 saturated carbocycles. The molecule has 2 heterocycles. The summed E-state index contributed by atoms with van der Waals surface area (Å²) in [7, 11) is 0. The monoisotopic (exact) mass is 587 g/mol. The first-order valence-corrected chi connectivity index (χ1v) is 15.3. The van der Waals surface area contributed by atoms with Crippen molar-refractivity contribution in [2.75, 3.05) is 13.2 Å². The molecule has 0 saturated heterocycles. The third-order valence-electron chi connectivity index (χ3n) is 8.28. The third kappa shape index (κ3) is 7.90. The molecule has 10 heteroatoms. The molecule has 1 fully saturated rings. The first kappa shape index (κ1) is 31.1. The number of pyridine rings is 1. The second-order valence-electron chi connectivity index (χ2n) is 11.3. The van der Waals surface area contributed by atoms with Crippen LogP contribution in [0.1, 0.15) is 95.6 Å². The van der Waals surface area contributed by atoms with Crippen molar-refractivity contribution in [3.63, 3.8) is 0 Å². The van der Waals surface area contributed by atoms with Crippen LogP contribution in [0.4, 0.5) is 17.6 Å². The molecule has 0 N–H and O–H groups in total. The van der Waals surface area contributed by atoms with Crippen molar-refractivity contribution < 1.29 is 27.1 Å². The molecule has 0 bridgehead atoms. The Morgan fingerprint density at radius 2 is 1.93 bits per heavy atom. The Morgan fingerprint density at radius 3 is 2.62 bits per heavy atom. The summed E-state index contributed by atoms with van der Waals surface area (Å²) in [6.45, 7) is 4.73. The number of nitrogens with zero attached hydrogens (tertiary/aromatic N) is 3. The highest BCUT2D eigenvalue weighted by atomic mass is 35.5. The first-order chi connectivity index (χ1) is 19.2. The molecule has 0 spiro atoms. The number of halogens is 5. The molecule has 224 valence electrons. The molecule has 4 unspecified atom stereocenters. The van der Waals surface area contributed by atoms with E-state index in [1.807, 2.05) is 6.92 Å². The quantitative estimate of drug-likeness (QED) is 0.0639. The van der Waals surface area contributed by atoms with Gasteiger partial charge >= 0.3 is 0 Å². The highest BCUT2D eigenvalue weighted by Crippen LogP contribution is 2.47. The molecule has 0 amide bonds. The third-order valence-corrected chi connectivity index (χ3v) is 8.62. The van der Waals surface area contributed by atoms with Crippen LogP contribution in [-0.2, 0) is 17.2 Å². The van der Waals surface area contributed by atoms with E-state index >= 15 is 8.78 Å². The molecular formula is C30H42ClF4N3O2. The van der Waals surface area contributed by atoms with E-state index in [4.69, 9.17) is 21.2 Å². The fraction of sp³-hybridized carbons (Fsp3) is 0.733. The molecule has 4 atom stereocenters. The molecule has 1 aliphatic heterocycles. The van der Waals surface area contributed by atoms with Crippen molar-refractivity contribution in [2.45, 2.75) is 109 Å². The van der Waals surface area contributed by atoms with Crippen LogP contribution in [0, 0.1) is 23.7 Å². The van der Waals surface area contributed by atoms with Gasteiger partial charge in [-0.25, -0.2) is 18.8 Å². The van der Waals surface area contributed by atoms with E-state index in [0.29, 0.717) is 6.61 Å². The van der Waals surface area contributed by atoms with Crippen molar-refractivity contribution >= 4 is 17.3 Å². The predicted octanol–water partition coefficient (Wildman–Crippen LogP) is 8.50. The number of hydroxylamine groups is 2. The molecule has 0 aromatic carbocycles. The standard InChI is InChI=1S/C30H42ClF4N3O2/c1-3-5-10-23(31)19-40-38-16-15-25(36-29(38)33)24-14-13-22-18-26(37-28(32)27(22)30(24,34)35)39-17-8-6-7-9-20(4-2)21-11-12-21/h15-16,18,20-21,23-24,29H,3-14,17,19H2,1-2H3. The summed E-state index contributed by atoms with van der Waals surface area (Å²) < 4.78 is 66.4. The van der Waals surface area contributed by atoms with Gasteiger partial charge in [-0.1, -0.05) is 52.4 Å². The Hall–Kier alpha value is -1.87. The van der Waals surface area contributed by atoms with Crippen LogP contribution in [0.5, 0.6) is 5.88 Å². The van der Waals surface area contributed by atoms with Gasteiger partial charge in [-0.05, 0) is 62.0 Å². The van der Waals surface area contributed by atoms with Gasteiger partial charge in [-0.15, -0.1) is 11.6 Å². The Morgan fingerprint density at radius 1 is 1.12 bits per heavy atom. The van der Waals surface area contributed by atoms with E-state index in [-0.39, 0.29) is 42.0 Å². The van der Waals surface area contributed by atoms with Crippen LogP contribution < -0.4 is 4.74 Å². The zero-order valence-electron chi connectivity index (χ0n) is 23.6. The van der Waals surface area contributed by atoms with Crippen LogP contribution >= 0.6 is 11.6 Å². The van der Waals surface area contributed by atoms with Gasteiger partial charge in [0, 0.05) is 12.3 Å². The second kappa shape index (κ2) is 14.3. The van der Waals surface area contributed by atoms with E-state index in [0.717, 1.165) is 55.4 Å². The minimum atomic E-state index is -3.60. The predicted molar refractivity (Wildman–Crippen MR) is 149 cm³/mol. The number of unbranched alkanes of at least 4 members (excludes halogenated alkanes) is 3. The number of aryl methyl sites for hydroxylation is 1. The molecule has 5 nitrogen and oxygen atoms in total. The van der Waals surface area contributed by atoms with Crippen LogP contribution in [0.25, 0.3) is 0 Å². The number of allylic oxidation sites excluding steroid dienone is 1. The lowest BCUT2D eigenvalue weighted by molar-refractivity contribution is -0.180. The van der Waals surface area contributed by atoms with Crippen molar-refractivity contribution in [3.05, 3.63) is 35.4 Å². The minimum Gasteiger partial charge on any atom is -0.478 e. The number of aromatic nitrogens is 1. The number of ether oxygens (including phenoxy) is 1. The average molecular weight is 588 g/mol. The maximum Gasteiger partial charge on any atom is 0.288 e. The lowest BCUT2D eigenvalue weighted by atomic mass is 9.78. The lowest BCUT2D eigenvalue weighted by Gasteiger charge is -2.35. The zero-order chi connectivity index (χ0) is 28.7. The smallest absolute Gasteiger partial charge is 0.288 e. The number of aliphatic imine (C=N–C) groups is 1. The maximum absolute atomic E-state index is 15.6. The van der Waals surface area contributed by atoms with Crippen LogP contribution in [0.2, 0.25) is 0 Å². The van der Waals surface area contributed by atoms with Gasteiger partial charge in [-0.2, -0.15) is 13.8 Å². The molecule has 4 rings (SSSR count). The number of fused-ring (bicyclic) bond motifs is 1. The summed E-state index contributed by atoms with van der Waals surface area (Å²) in [5, 5.41) is 0.570. The Kier molecular flexibility index (Phi) is 11.1. The lowest BCUT2D eigenvalue weighted by Crippen LogP contribution is -2.40. The first-order valence-electron chi connectivity index (χ1n) is 14.9. The zero-order valence-corrected chi connectivity index (χ0v) is 24.3. The van der Waals surface area contributed by atoms with Crippen LogP contribution in [0.15, 0.2) is 23.3 Å². The summed E-state index contributed by atoms with van der Waals surface area (Å²) in [5.41, 5.74) is -0.725. The molecule has 3 aliphatic rings. The number of alkyl halides is 4. The normalized spacial score (nSPS) is 23.5. The average Bonchev–Trinajstić information content (AvgIpc) is 3.76. The van der Waals surface area contributed by atoms with E-state index in [1.165, 1.54) is 44.0 Å². The van der Waals surface area contributed by atoms with Gasteiger partial charge in [-0.3, -0.25) is 4.84 Å². The fourth-order valence-electron chi connectivity index (χ4n) is 5.78. The molecule has 1 aromatic rings. The Labute approximate surface area is 240 Å². The molecule has 40 heavy (non-hydrogen) atoms. The summed E-state index contributed by atoms with van der Waals surface area (Å²) in [5.74, 6) is -4.58. The van der Waals surface area contributed by atoms with Gasteiger partial charge in [0.15, 0.2) is 0 Å². The number of hydrogen-bond acceptors (Lipinski definition) is 5.